The summed E-state index contributed by atoms with van der Waals surface area (Å²) in [5.41, 5.74) is 0.980. The molecule has 1 aromatic carbocycles. The summed E-state index contributed by atoms with van der Waals surface area (Å²) in [5.74, 6) is 1.10. The van der Waals surface area contributed by atoms with Gasteiger partial charge in [0.2, 0.25) is 5.91 Å². The van der Waals surface area contributed by atoms with E-state index in [-0.39, 0.29) is 23.8 Å². The highest BCUT2D eigenvalue weighted by atomic mass is 16.5. The van der Waals surface area contributed by atoms with Gasteiger partial charge in [-0.1, -0.05) is 6.07 Å². The van der Waals surface area contributed by atoms with Gasteiger partial charge >= 0.3 is 5.97 Å². The van der Waals surface area contributed by atoms with E-state index in [0.29, 0.717) is 30.9 Å². The number of benzene rings is 1. The first-order valence-corrected chi connectivity index (χ1v) is 9.48. The van der Waals surface area contributed by atoms with Crippen LogP contribution in [0, 0.1) is 0 Å². The maximum Gasteiger partial charge on any atom is 0.333 e. The molecule has 27 heavy (non-hydrogen) atoms. The molecule has 3 atom stereocenters. The van der Waals surface area contributed by atoms with Crippen LogP contribution >= 0.6 is 0 Å². The predicted molar refractivity (Wildman–Crippen MR) is 99.2 cm³/mol. The molecule has 3 aliphatic heterocycles. The van der Waals surface area contributed by atoms with E-state index >= 15 is 0 Å². The fourth-order valence-corrected chi connectivity index (χ4v) is 5.21. The van der Waals surface area contributed by atoms with Gasteiger partial charge in [0.25, 0.3) is 0 Å². The number of carbonyl (C=O) groups excluding carboxylic acids is 2. The number of carbonyl (C=O) groups is 2. The van der Waals surface area contributed by atoms with Crippen LogP contribution in [-0.2, 0) is 14.3 Å². The number of nitrogens with one attached hydrogen (secondary N) is 1. The number of piperidine rings is 1. The zero-order valence-corrected chi connectivity index (χ0v) is 16.0. The average molecular weight is 374 g/mol. The average Bonchev–Trinajstić information content (AvgIpc) is 2.99. The highest BCUT2D eigenvalue weighted by Crippen LogP contribution is 2.54. The molecule has 0 aliphatic carbocycles. The summed E-state index contributed by atoms with van der Waals surface area (Å²) in [5, 5.41) is 3.53. The summed E-state index contributed by atoms with van der Waals surface area (Å²) in [4.78, 5) is 27.7. The predicted octanol–water partition coefficient (Wildman–Crippen LogP) is 2.30. The Labute approximate surface area is 158 Å². The SMILES string of the molecule is COC(=O)C12CCCCC(=O)N1CCC1c3ccc(OC)c(OC)c3NC12. The second kappa shape index (κ2) is 6.62. The van der Waals surface area contributed by atoms with Crippen LogP contribution in [0.2, 0.25) is 0 Å². The summed E-state index contributed by atoms with van der Waals surface area (Å²) in [6.45, 7) is 0.560. The van der Waals surface area contributed by atoms with Gasteiger partial charge in [0.15, 0.2) is 17.0 Å². The second-order valence-electron chi connectivity index (χ2n) is 7.45. The molecule has 2 saturated heterocycles. The van der Waals surface area contributed by atoms with E-state index in [1.807, 2.05) is 12.1 Å². The maximum atomic E-state index is 13.1. The lowest BCUT2D eigenvalue weighted by Gasteiger charge is -2.50. The van der Waals surface area contributed by atoms with E-state index in [2.05, 4.69) is 5.32 Å². The van der Waals surface area contributed by atoms with Crippen molar-refractivity contribution in [3.63, 3.8) is 0 Å². The van der Waals surface area contributed by atoms with Gasteiger partial charge in [-0.3, -0.25) is 4.79 Å². The maximum absolute atomic E-state index is 13.1. The van der Waals surface area contributed by atoms with Crippen LogP contribution in [0.1, 0.15) is 43.6 Å². The monoisotopic (exact) mass is 374 g/mol. The van der Waals surface area contributed by atoms with E-state index in [0.717, 1.165) is 30.5 Å². The van der Waals surface area contributed by atoms with Crippen LogP contribution < -0.4 is 14.8 Å². The number of fused-ring (bicyclic) bond motifs is 5. The standard InChI is InChI=1S/C20H26N2O5/c1-25-14-8-7-12-13-9-11-22-15(23)6-4-5-10-20(22,19(24)27-3)18(13)21-16(12)17(14)26-2/h7-8,13,18,21H,4-6,9-11H2,1-3H3. The summed E-state index contributed by atoms with van der Waals surface area (Å²) in [6, 6.07) is 3.70. The van der Waals surface area contributed by atoms with Crippen molar-refractivity contribution < 1.29 is 23.8 Å². The van der Waals surface area contributed by atoms with Gasteiger partial charge in [0.1, 0.15) is 0 Å². The minimum atomic E-state index is -0.984. The lowest BCUT2D eigenvalue weighted by Crippen LogP contribution is -2.68. The molecule has 146 valence electrons. The molecule has 2 fully saturated rings. The molecule has 0 bridgehead atoms. The van der Waals surface area contributed by atoms with Crippen molar-refractivity contribution >= 4 is 17.6 Å². The Morgan fingerprint density at radius 1 is 1.22 bits per heavy atom. The number of amides is 1. The molecular weight excluding hydrogens is 348 g/mol. The summed E-state index contributed by atoms with van der Waals surface area (Å²) >= 11 is 0. The highest BCUT2D eigenvalue weighted by Gasteiger charge is 2.61. The molecule has 0 radical (unpaired) electrons. The van der Waals surface area contributed by atoms with Gasteiger partial charge < -0.3 is 24.4 Å². The fourth-order valence-electron chi connectivity index (χ4n) is 5.21. The van der Waals surface area contributed by atoms with Crippen molar-refractivity contribution in [2.24, 2.45) is 0 Å². The Kier molecular flexibility index (Phi) is 4.40. The molecule has 4 rings (SSSR count). The fraction of sp³-hybridized carbons (Fsp3) is 0.600. The third kappa shape index (κ3) is 2.40. The van der Waals surface area contributed by atoms with Crippen LogP contribution in [0.4, 0.5) is 5.69 Å². The molecule has 1 N–H and O–H groups in total. The molecule has 0 spiro atoms. The van der Waals surface area contributed by atoms with Crippen LogP contribution in [0.3, 0.4) is 0 Å². The van der Waals surface area contributed by atoms with Crippen LogP contribution in [0.5, 0.6) is 11.5 Å². The van der Waals surface area contributed by atoms with Gasteiger partial charge in [-0.25, -0.2) is 4.79 Å². The number of hydrogen-bond donors (Lipinski definition) is 1. The Balaban J connectivity index is 1.84. The molecule has 3 aliphatic rings. The van der Waals surface area contributed by atoms with Crippen molar-refractivity contribution in [2.45, 2.75) is 49.6 Å². The lowest BCUT2D eigenvalue weighted by atomic mass is 9.72. The zero-order valence-electron chi connectivity index (χ0n) is 16.0. The number of esters is 1. The Bertz CT molecular complexity index is 780. The Hall–Kier alpha value is -2.44. The largest absolute Gasteiger partial charge is 0.493 e. The van der Waals surface area contributed by atoms with E-state index in [1.165, 1.54) is 7.11 Å². The molecule has 1 amide bonds. The number of anilines is 1. The number of ether oxygens (including phenoxy) is 3. The van der Waals surface area contributed by atoms with Crippen molar-refractivity contribution in [3.8, 4) is 11.5 Å². The summed E-state index contributed by atoms with van der Waals surface area (Å²) in [6.07, 6.45) is 3.51. The molecule has 7 heteroatoms. The van der Waals surface area contributed by atoms with Gasteiger partial charge in [-0.2, -0.15) is 0 Å². The van der Waals surface area contributed by atoms with Gasteiger partial charge in [-0.15, -0.1) is 0 Å². The molecule has 0 aromatic heterocycles. The minimum Gasteiger partial charge on any atom is -0.493 e. The van der Waals surface area contributed by atoms with Gasteiger partial charge in [0.05, 0.1) is 33.1 Å². The smallest absolute Gasteiger partial charge is 0.333 e. The first-order chi connectivity index (χ1) is 13.1. The number of nitrogens with zero attached hydrogens (tertiary/aromatic N) is 1. The normalized spacial score (nSPS) is 29.0. The first-order valence-electron chi connectivity index (χ1n) is 9.48. The minimum absolute atomic E-state index is 0.0404. The Morgan fingerprint density at radius 3 is 2.74 bits per heavy atom. The van der Waals surface area contributed by atoms with E-state index in [1.54, 1.807) is 19.1 Å². The first kappa shape index (κ1) is 17.9. The van der Waals surface area contributed by atoms with Crippen molar-refractivity contribution in [2.75, 3.05) is 33.2 Å². The van der Waals surface area contributed by atoms with Crippen molar-refractivity contribution in [3.05, 3.63) is 17.7 Å². The van der Waals surface area contributed by atoms with Crippen LogP contribution in [-0.4, -0.2) is 56.2 Å². The van der Waals surface area contributed by atoms with E-state index in [9.17, 15) is 9.59 Å². The molecule has 1 aromatic rings. The lowest BCUT2D eigenvalue weighted by molar-refractivity contribution is -0.166. The number of rotatable bonds is 3. The van der Waals surface area contributed by atoms with Crippen molar-refractivity contribution in [1.29, 1.82) is 0 Å². The molecule has 7 nitrogen and oxygen atoms in total. The quantitative estimate of drug-likeness (QED) is 0.818. The van der Waals surface area contributed by atoms with Crippen LogP contribution in [0.25, 0.3) is 0 Å². The van der Waals surface area contributed by atoms with Crippen LogP contribution in [0.15, 0.2) is 12.1 Å². The van der Waals surface area contributed by atoms with Crippen molar-refractivity contribution in [1.82, 2.24) is 4.90 Å². The third-order valence-corrected chi connectivity index (χ3v) is 6.38. The zero-order chi connectivity index (χ0) is 19.2. The second-order valence-corrected chi connectivity index (χ2v) is 7.45. The molecule has 3 unspecified atom stereocenters. The van der Waals surface area contributed by atoms with Gasteiger partial charge in [-0.05, 0) is 37.3 Å². The molecular formula is C20H26N2O5. The third-order valence-electron chi connectivity index (χ3n) is 6.38. The van der Waals surface area contributed by atoms with E-state index < -0.39 is 5.54 Å². The molecule has 3 heterocycles. The number of methoxy groups -OCH3 is 3. The number of hydrogen-bond acceptors (Lipinski definition) is 6. The summed E-state index contributed by atoms with van der Waals surface area (Å²) in [7, 11) is 4.62. The van der Waals surface area contributed by atoms with E-state index in [4.69, 9.17) is 14.2 Å². The van der Waals surface area contributed by atoms with Gasteiger partial charge in [0, 0.05) is 18.9 Å². The Morgan fingerprint density at radius 2 is 2.04 bits per heavy atom. The topological polar surface area (TPSA) is 77.1 Å². The molecule has 0 saturated carbocycles. The summed E-state index contributed by atoms with van der Waals surface area (Å²) < 4.78 is 16.3. The highest BCUT2D eigenvalue weighted by molar-refractivity contribution is 5.91.